The van der Waals surface area contributed by atoms with Crippen LogP contribution in [0.1, 0.15) is 33.6 Å². The molecule has 2 saturated heterocycles. The van der Waals surface area contributed by atoms with Crippen LogP contribution in [0.15, 0.2) is 42.5 Å². The van der Waals surface area contributed by atoms with Crippen LogP contribution in [0, 0.1) is 5.92 Å². The van der Waals surface area contributed by atoms with Gasteiger partial charge in [0.15, 0.2) is 11.5 Å². The van der Waals surface area contributed by atoms with Crippen LogP contribution in [0.3, 0.4) is 0 Å². The lowest BCUT2D eigenvalue weighted by Crippen LogP contribution is -2.56. The number of nitrogens with one attached hydrogen (secondary N) is 1. The third-order valence-corrected chi connectivity index (χ3v) is 7.15. The Bertz CT molecular complexity index is 1160. The van der Waals surface area contributed by atoms with Crippen LogP contribution >= 0.6 is 0 Å². The Labute approximate surface area is 215 Å². The molecule has 1 unspecified atom stereocenters. The molecular formula is C27H31N3O7. The summed E-state index contributed by atoms with van der Waals surface area (Å²) in [5.74, 6) is 0.943. The Hall–Kier alpha value is -3.79. The van der Waals surface area contributed by atoms with Gasteiger partial charge in [-0.25, -0.2) is 0 Å². The topological polar surface area (TPSA) is 107 Å². The lowest BCUT2D eigenvalue weighted by atomic mass is 9.87. The molecule has 2 fully saturated rings. The number of amides is 3. The number of rotatable bonds is 6. The Balaban J connectivity index is 1.30. The molecule has 2 aromatic carbocycles. The molecule has 0 spiro atoms. The highest BCUT2D eigenvalue weighted by Crippen LogP contribution is 2.33. The van der Waals surface area contributed by atoms with Gasteiger partial charge in [-0.05, 0) is 49.1 Å². The maximum atomic E-state index is 13.6. The Morgan fingerprint density at radius 3 is 2.43 bits per heavy atom. The van der Waals surface area contributed by atoms with Gasteiger partial charge >= 0.3 is 0 Å². The molecule has 0 aliphatic carbocycles. The average Bonchev–Trinajstić information content (AvgIpc) is 3.44. The van der Waals surface area contributed by atoms with E-state index in [0.717, 1.165) is 0 Å². The summed E-state index contributed by atoms with van der Waals surface area (Å²) in [7, 11) is 1.54. The van der Waals surface area contributed by atoms with E-state index < -0.39 is 6.04 Å². The fourth-order valence-corrected chi connectivity index (χ4v) is 5.05. The highest BCUT2D eigenvalue weighted by atomic mass is 16.7. The van der Waals surface area contributed by atoms with E-state index >= 15 is 0 Å². The van der Waals surface area contributed by atoms with Crippen LogP contribution in [0.4, 0.5) is 0 Å². The van der Waals surface area contributed by atoms with Crippen molar-refractivity contribution in [2.75, 3.05) is 53.3 Å². The van der Waals surface area contributed by atoms with Crippen molar-refractivity contribution in [3.63, 3.8) is 0 Å². The molecule has 3 aliphatic heterocycles. The number of hydrogen-bond acceptors (Lipinski definition) is 7. The molecule has 3 amide bonds. The minimum atomic E-state index is -0.709. The molecule has 0 radical (unpaired) electrons. The fourth-order valence-electron chi connectivity index (χ4n) is 5.05. The lowest BCUT2D eigenvalue weighted by Gasteiger charge is -2.38. The molecule has 10 nitrogen and oxygen atoms in total. The fraction of sp³-hybridized carbons (Fsp3) is 0.444. The average molecular weight is 510 g/mol. The van der Waals surface area contributed by atoms with Crippen LogP contribution in [0.25, 0.3) is 0 Å². The summed E-state index contributed by atoms with van der Waals surface area (Å²) in [5, 5.41) is 2.99. The van der Waals surface area contributed by atoms with Gasteiger partial charge in [-0.3, -0.25) is 14.4 Å². The van der Waals surface area contributed by atoms with E-state index in [1.54, 1.807) is 47.2 Å². The number of nitrogens with zero attached hydrogens (tertiary/aromatic N) is 2. The van der Waals surface area contributed by atoms with Crippen LogP contribution in [-0.4, -0.2) is 86.9 Å². The number of para-hydroxylation sites is 1. The summed E-state index contributed by atoms with van der Waals surface area (Å²) in [6, 6.07) is 11.4. The van der Waals surface area contributed by atoms with Crippen LogP contribution in [0.5, 0.6) is 17.2 Å². The summed E-state index contributed by atoms with van der Waals surface area (Å²) in [6.07, 6.45) is 1.17. The molecule has 5 rings (SSSR count). The van der Waals surface area contributed by atoms with Gasteiger partial charge in [-0.15, -0.1) is 0 Å². The van der Waals surface area contributed by atoms with Crippen molar-refractivity contribution in [3.8, 4) is 17.2 Å². The Morgan fingerprint density at radius 2 is 1.68 bits per heavy atom. The van der Waals surface area contributed by atoms with Crippen molar-refractivity contribution in [1.29, 1.82) is 0 Å². The normalized spacial score (nSPS) is 18.3. The number of benzene rings is 2. The molecule has 1 atom stereocenters. The van der Waals surface area contributed by atoms with Crippen LogP contribution in [0.2, 0.25) is 0 Å². The molecule has 10 heteroatoms. The first kappa shape index (κ1) is 24.9. The van der Waals surface area contributed by atoms with Crippen molar-refractivity contribution in [2.24, 2.45) is 5.92 Å². The van der Waals surface area contributed by atoms with E-state index in [1.807, 2.05) is 12.1 Å². The number of hydrogen-bond donors (Lipinski definition) is 1. The van der Waals surface area contributed by atoms with Crippen LogP contribution in [-0.2, 0) is 9.53 Å². The molecule has 0 saturated carbocycles. The molecule has 2 aromatic rings. The van der Waals surface area contributed by atoms with Gasteiger partial charge in [0.2, 0.25) is 12.7 Å². The van der Waals surface area contributed by atoms with Crippen molar-refractivity contribution in [1.82, 2.24) is 15.1 Å². The molecule has 0 bridgehead atoms. The second-order valence-electron chi connectivity index (χ2n) is 9.29. The third kappa shape index (κ3) is 5.34. The summed E-state index contributed by atoms with van der Waals surface area (Å²) in [5.41, 5.74) is 0.910. The number of carbonyl (C=O) groups excluding carboxylic acids is 3. The number of likely N-dealkylation sites (tertiary alicyclic amines) is 1. The Morgan fingerprint density at radius 1 is 0.946 bits per heavy atom. The zero-order valence-electron chi connectivity index (χ0n) is 20.8. The summed E-state index contributed by atoms with van der Waals surface area (Å²) in [6.45, 7) is 2.99. The highest BCUT2D eigenvalue weighted by molar-refractivity contribution is 5.98. The van der Waals surface area contributed by atoms with Crippen LogP contribution < -0.4 is 19.5 Å². The molecule has 3 heterocycles. The maximum absolute atomic E-state index is 13.6. The number of morpholine rings is 1. The molecule has 3 aliphatic rings. The van der Waals surface area contributed by atoms with Gasteiger partial charge in [-0.2, -0.15) is 0 Å². The van der Waals surface area contributed by atoms with E-state index in [1.165, 1.54) is 0 Å². The minimum Gasteiger partial charge on any atom is -0.496 e. The van der Waals surface area contributed by atoms with E-state index in [2.05, 4.69) is 5.32 Å². The molecule has 0 aromatic heterocycles. The van der Waals surface area contributed by atoms with Crippen molar-refractivity contribution in [3.05, 3.63) is 53.6 Å². The number of methoxy groups -OCH3 is 1. The van der Waals surface area contributed by atoms with Crippen molar-refractivity contribution >= 4 is 17.7 Å². The predicted octanol–water partition coefficient (Wildman–Crippen LogP) is 1.93. The summed E-state index contributed by atoms with van der Waals surface area (Å²) >= 11 is 0. The predicted molar refractivity (Wildman–Crippen MR) is 133 cm³/mol. The van der Waals surface area contributed by atoms with Crippen molar-refractivity contribution in [2.45, 2.75) is 18.9 Å². The first-order chi connectivity index (χ1) is 18.0. The van der Waals surface area contributed by atoms with E-state index in [4.69, 9.17) is 18.9 Å². The second-order valence-corrected chi connectivity index (χ2v) is 9.29. The quantitative estimate of drug-likeness (QED) is 0.634. The number of ether oxygens (including phenoxy) is 4. The molecule has 1 N–H and O–H groups in total. The SMILES string of the molecule is COc1ccccc1C(=O)N1CCC(C(NC(=O)c2ccc3c(c2)OCO3)C(=O)N2CCOCC2)CC1. The number of fused-ring (bicyclic) bond motifs is 1. The second kappa shape index (κ2) is 11.1. The molecular weight excluding hydrogens is 478 g/mol. The summed E-state index contributed by atoms with van der Waals surface area (Å²) in [4.78, 5) is 43.5. The minimum absolute atomic E-state index is 0.101. The largest absolute Gasteiger partial charge is 0.496 e. The van der Waals surface area contributed by atoms with Gasteiger partial charge in [-0.1, -0.05) is 12.1 Å². The zero-order valence-corrected chi connectivity index (χ0v) is 20.8. The van der Waals surface area contributed by atoms with Gasteiger partial charge in [0.1, 0.15) is 11.8 Å². The number of piperidine rings is 1. The van der Waals surface area contributed by atoms with Gasteiger partial charge in [0, 0.05) is 31.7 Å². The first-order valence-corrected chi connectivity index (χ1v) is 12.5. The first-order valence-electron chi connectivity index (χ1n) is 12.5. The summed E-state index contributed by atoms with van der Waals surface area (Å²) < 4.78 is 21.5. The van der Waals surface area contributed by atoms with Gasteiger partial charge in [0.05, 0.1) is 25.9 Å². The van der Waals surface area contributed by atoms with E-state index in [9.17, 15) is 14.4 Å². The lowest BCUT2D eigenvalue weighted by molar-refractivity contribution is -0.139. The number of carbonyl (C=O) groups is 3. The van der Waals surface area contributed by atoms with E-state index in [0.29, 0.717) is 80.6 Å². The monoisotopic (exact) mass is 509 g/mol. The maximum Gasteiger partial charge on any atom is 0.257 e. The Kier molecular flexibility index (Phi) is 7.45. The van der Waals surface area contributed by atoms with Crippen molar-refractivity contribution < 1.29 is 33.3 Å². The smallest absolute Gasteiger partial charge is 0.257 e. The molecule has 196 valence electrons. The third-order valence-electron chi connectivity index (χ3n) is 7.15. The molecule has 37 heavy (non-hydrogen) atoms. The standard InChI is InChI=1S/C27H31N3O7/c1-34-21-5-3-2-4-20(21)26(32)29-10-8-18(9-11-29)24(27(33)30-12-14-35-15-13-30)28-25(31)19-6-7-22-23(16-19)37-17-36-22/h2-7,16,18,24H,8-15,17H2,1H3,(H,28,31). The van der Waals surface area contributed by atoms with E-state index in [-0.39, 0.29) is 30.4 Å². The highest BCUT2D eigenvalue weighted by Gasteiger charge is 2.37. The van der Waals surface area contributed by atoms with Gasteiger partial charge < -0.3 is 34.1 Å². The zero-order chi connectivity index (χ0) is 25.8. The van der Waals surface area contributed by atoms with Gasteiger partial charge in [0.25, 0.3) is 11.8 Å².